The first kappa shape index (κ1) is 14.0. The van der Waals surface area contributed by atoms with E-state index in [1.165, 1.54) is 16.7 Å². The molecule has 0 fully saturated rings. The third kappa shape index (κ3) is 2.31. The standard InChI is InChI=1S/C19H19N3O/c1-13-5-3-7-16-18(13)20-12-21-19(16)22-10-9-15-14(11-22)6-4-8-17(15)23-2/h3-8,12H,9-11H2,1-2H3. The van der Waals surface area contributed by atoms with E-state index in [1.54, 1.807) is 13.4 Å². The van der Waals surface area contributed by atoms with Gasteiger partial charge in [-0.25, -0.2) is 9.97 Å². The molecule has 0 aliphatic carbocycles. The minimum Gasteiger partial charge on any atom is -0.496 e. The molecule has 0 N–H and O–H groups in total. The molecule has 1 aliphatic rings. The van der Waals surface area contributed by atoms with E-state index < -0.39 is 0 Å². The summed E-state index contributed by atoms with van der Waals surface area (Å²) in [5, 5.41) is 1.12. The molecular weight excluding hydrogens is 286 g/mol. The van der Waals surface area contributed by atoms with Crippen LogP contribution in [0.2, 0.25) is 0 Å². The molecule has 0 saturated heterocycles. The minimum absolute atomic E-state index is 0.854. The second kappa shape index (κ2) is 5.54. The molecule has 116 valence electrons. The first-order valence-electron chi connectivity index (χ1n) is 7.88. The third-order valence-electron chi connectivity index (χ3n) is 4.59. The molecular formula is C19H19N3O. The van der Waals surface area contributed by atoms with Crippen LogP contribution < -0.4 is 9.64 Å². The summed E-state index contributed by atoms with van der Waals surface area (Å²) >= 11 is 0. The number of rotatable bonds is 2. The molecule has 0 unspecified atom stereocenters. The van der Waals surface area contributed by atoms with Crippen molar-refractivity contribution < 1.29 is 4.74 Å². The molecule has 1 aromatic heterocycles. The average Bonchev–Trinajstić information content (AvgIpc) is 2.60. The largest absolute Gasteiger partial charge is 0.496 e. The molecule has 0 amide bonds. The maximum Gasteiger partial charge on any atom is 0.140 e. The van der Waals surface area contributed by atoms with Crippen LogP contribution in [-0.2, 0) is 13.0 Å². The molecule has 3 aromatic rings. The van der Waals surface area contributed by atoms with Crippen molar-refractivity contribution >= 4 is 16.7 Å². The Morgan fingerprint density at radius 1 is 1.09 bits per heavy atom. The summed E-state index contributed by atoms with van der Waals surface area (Å²) in [4.78, 5) is 11.4. The van der Waals surface area contributed by atoms with Gasteiger partial charge in [-0.2, -0.15) is 0 Å². The van der Waals surface area contributed by atoms with Gasteiger partial charge in [0.15, 0.2) is 0 Å². The summed E-state index contributed by atoms with van der Waals surface area (Å²) < 4.78 is 5.50. The Kier molecular flexibility index (Phi) is 3.37. The summed E-state index contributed by atoms with van der Waals surface area (Å²) in [7, 11) is 1.74. The molecule has 4 nitrogen and oxygen atoms in total. The summed E-state index contributed by atoms with van der Waals surface area (Å²) in [6, 6.07) is 12.6. The van der Waals surface area contributed by atoms with Gasteiger partial charge in [0.25, 0.3) is 0 Å². The van der Waals surface area contributed by atoms with Gasteiger partial charge in [-0.3, -0.25) is 0 Å². The summed E-state index contributed by atoms with van der Waals surface area (Å²) in [5.41, 5.74) is 4.86. The second-order valence-electron chi connectivity index (χ2n) is 5.94. The van der Waals surface area contributed by atoms with Gasteiger partial charge in [0, 0.05) is 24.0 Å². The molecule has 4 rings (SSSR count). The van der Waals surface area contributed by atoms with Gasteiger partial charge in [-0.15, -0.1) is 0 Å². The number of para-hydroxylation sites is 1. The van der Waals surface area contributed by atoms with E-state index in [0.29, 0.717) is 0 Å². The van der Waals surface area contributed by atoms with E-state index in [0.717, 1.165) is 42.0 Å². The number of fused-ring (bicyclic) bond motifs is 2. The third-order valence-corrected chi connectivity index (χ3v) is 4.59. The molecule has 23 heavy (non-hydrogen) atoms. The first-order valence-corrected chi connectivity index (χ1v) is 7.88. The monoisotopic (exact) mass is 305 g/mol. The van der Waals surface area contributed by atoms with Crippen LogP contribution in [0.15, 0.2) is 42.7 Å². The second-order valence-corrected chi connectivity index (χ2v) is 5.94. The van der Waals surface area contributed by atoms with E-state index in [4.69, 9.17) is 4.74 Å². The van der Waals surface area contributed by atoms with E-state index in [-0.39, 0.29) is 0 Å². The van der Waals surface area contributed by atoms with Crippen molar-refractivity contribution in [1.29, 1.82) is 0 Å². The van der Waals surface area contributed by atoms with Crippen molar-refractivity contribution in [2.45, 2.75) is 19.9 Å². The zero-order valence-corrected chi connectivity index (χ0v) is 13.4. The van der Waals surface area contributed by atoms with Crippen LogP contribution in [0.4, 0.5) is 5.82 Å². The Balaban J connectivity index is 1.77. The number of ether oxygens (including phenoxy) is 1. The van der Waals surface area contributed by atoms with Crippen LogP contribution in [0.25, 0.3) is 10.9 Å². The van der Waals surface area contributed by atoms with Gasteiger partial charge < -0.3 is 9.64 Å². The molecule has 4 heteroatoms. The van der Waals surface area contributed by atoms with Crippen LogP contribution in [0, 0.1) is 6.92 Å². The number of nitrogens with zero attached hydrogens (tertiary/aromatic N) is 3. The van der Waals surface area contributed by atoms with Crippen LogP contribution in [0.1, 0.15) is 16.7 Å². The van der Waals surface area contributed by atoms with Crippen LogP contribution in [0.5, 0.6) is 5.75 Å². The molecule has 0 bridgehead atoms. The number of aromatic nitrogens is 2. The van der Waals surface area contributed by atoms with Crippen LogP contribution in [0.3, 0.4) is 0 Å². The van der Waals surface area contributed by atoms with Gasteiger partial charge in [-0.05, 0) is 36.6 Å². The number of aryl methyl sites for hydroxylation is 1. The van der Waals surface area contributed by atoms with Crippen LogP contribution in [-0.4, -0.2) is 23.6 Å². The molecule has 0 spiro atoms. The minimum atomic E-state index is 0.854. The summed E-state index contributed by atoms with van der Waals surface area (Å²) in [6.45, 7) is 3.88. The quantitative estimate of drug-likeness (QED) is 0.726. The Morgan fingerprint density at radius 2 is 1.96 bits per heavy atom. The van der Waals surface area contributed by atoms with E-state index >= 15 is 0 Å². The summed E-state index contributed by atoms with van der Waals surface area (Å²) in [6.07, 6.45) is 2.64. The Hall–Kier alpha value is -2.62. The molecule has 2 heterocycles. The van der Waals surface area contributed by atoms with Crippen molar-refractivity contribution in [3.05, 3.63) is 59.4 Å². The summed E-state index contributed by atoms with van der Waals surface area (Å²) in [5.74, 6) is 2.01. The predicted molar refractivity (Wildman–Crippen MR) is 92.0 cm³/mol. The highest BCUT2D eigenvalue weighted by Crippen LogP contribution is 2.32. The highest BCUT2D eigenvalue weighted by molar-refractivity contribution is 5.91. The first-order chi connectivity index (χ1) is 11.3. The Bertz CT molecular complexity index is 876. The lowest BCUT2D eigenvalue weighted by molar-refractivity contribution is 0.407. The number of hydrogen-bond donors (Lipinski definition) is 0. The fourth-order valence-corrected chi connectivity index (χ4v) is 3.42. The maximum absolute atomic E-state index is 5.50. The van der Waals surface area contributed by atoms with Crippen molar-refractivity contribution in [2.75, 3.05) is 18.6 Å². The zero-order chi connectivity index (χ0) is 15.8. The van der Waals surface area contributed by atoms with Gasteiger partial charge in [0.05, 0.1) is 12.6 Å². The average molecular weight is 305 g/mol. The van der Waals surface area contributed by atoms with Crippen molar-refractivity contribution in [3.8, 4) is 5.75 Å². The van der Waals surface area contributed by atoms with E-state index in [2.05, 4.69) is 52.1 Å². The lowest BCUT2D eigenvalue weighted by Gasteiger charge is -2.31. The topological polar surface area (TPSA) is 38.2 Å². The molecule has 1 aliphatic heterocycles. The highest BCUT2D eigenvalue weighted by Gasteiger charge is 2.21. The SMILES string of the molecule is COc1cccc2c1CCN(c1ncnc3c(C)cccc13)C2. The van der Waals surface area contributed by atoms with Crippen LogP contribution >= 0.6 is 0 Å². The Morgan fingerprint density at radius 3 is 2.83 bits per heavy atom. The van der Waals surface area contributed by atoms with Gasteiger partial charge in [0.2, 0.25) is 0 Å². The van der Waals surface area contributed by atoms with Gasteiger partial charge >= 0.3 is 0 Å². The molecule has 0 atom stereocenters. The zero-order valence-electron chi connectivity index (χ0n) is 13.4. The number of anilines is 1. The maximum atomic E-state index is 5.50. The highest BCUT2D eigenvalue weighted by atomic mass is 16.5. The predicted octanol–water partition coefficient (Wildman–Crippen LogP) is 3.51. The Labute approximate surface area is 135 Å². The number of benzene rings is 2. The van der Waals surface area contributed by atoms with E-state index in [9.17, 15) is 0 Å². The lowest BCUT2D eigenvalue weighted by atomic mass is 9.98. The van der Waals surface area contributed by atoms with Gasteiger partial charge in [-0.1, -0.05) is 24.3 Å². The number of hydrogen-bond acceptors (Lipinski definition) is 4. The van der Waals surface area contributed by atoms with Crippen molar-refractivity contribution in [3.63, 3.8) is 0 Å². The van der Waals surface area contributed by atoms with Crippen molar-refractivity contribution in [2.24, 2.45) is 0 Å². The molecule has 2 aromatic carbocycles. The van der Waals surface area contributed by atoms with E-state index in [1.807, 2.05) is 6.07 Å². The fourth-order valence-electron chi connectivity index (χ4n) is 3.42. The molecule has 0 saturated carbocycles. The smallest absolute Gasteiger partial charge is 0.140 e. The number of methoxy groups -OCH3 is 1. The van der Waals surface area contributed by atoms with Crippen molar-refractivity contribution in [1.82, 2.24) is 9.97 Å². The van der Waals surface area contributed by atoms with Gasteiger partial charge in [0.1, 0.15) is 17.9 Å². The lowest BCUT2D eigenvalue weighted by Crippen LogP contribution is -2.31. The fraction of sp³-hybridized carbons (Fsp3) is 0.263. The molecule has 0 radical (unpaired) electrons. The normalized spacial score (nSPS) is 13.9.